The zero-order valence-corrected chi connectivity index (χ0v) is 25.0. The van der Waals surface area contributed by atoms with Crippen molar-refractivity contribution in [2.45, 2.75) is 13.8 Å². The van der Waals surface area contributed by atoms with E-state index in [-0.39, 0.29) is 34.6 Å². The molecule has 3 aromatic rings. The SMILES string of the molecule is COc1cc(/C=C2/SC(=O)N(CC(=O)Nc3ccc(F)cc3F)C2=O)ccc1OCC(=O)Nc1cc(C)c(C)cc1Br. The molecule has 1 aliphatic rings. The summed E-state index contributed by atoms with van der Waals surface area (Å²) in [6.07, 6.45) is 1.44. The molecule has 1 saturated heterocycles. The molecule has 2 N–H and O–H groups in total. The number of amides is 4. The van der Waals surface area contributed by atoms with Gasteiger partial charge in [0.15, 0.2) is 18.1 Å². The molecule has 0 saturated carbocycles. The van der Waals surface area contributed by atoms with Crippen molar-refractivity contribution in [3.05, 3.63) is 86.2 Å². The number of ether oxygens (including phenoxy) is 2. The summed E-state index contributed by atoms with van der Waals surface area (Å²) in [5.74, 6) is -3.18. The van der Waals surface area contributed by atoms with E-state index >= 15 is 0 Å². The number of benzene rings is 3. The quantitative estimate of drug-likeness (QED) is 0.269. The Morgan fingerprint density at radius 2 is 1.67 bits per heavy atom. The zero-order chi connectivity index (χ0) is 30.6. The highest BCUT2D eigenvalue weighted by Crippen LogP contribution is 2.35. The zero-order valence-electron chi connectivity index (χ0n) is 22.5. The van der Waals surface area contributed by atoms with Gasteiger partial charge in [0.25, 0.3) is 17.1 Å². The van der Waals surface area contributed by atoms with Gasteiger partial charge in [0.1, 0.15) is 18.2 Å². The van der Waals surface area contributed by atoms with E-state index in [9.17, 15) is 28.0 Å². The van der Waals surface area contributed by atoms with Crippen LogP contribution in [0.5, 0.6) is 11.5 Å². The maximum atomic E-state index is 13.8. The third kappa shape index (κ3) is 7.34. The van der Waals surface area contributed by atoms with Gasteiger partial charge in [-0.05, 0) is 101 Å². The standard InChI is InChI=1S/C29H24BrF2N3O6S/c1-15-8-19(30)22(9-16(15)2)34-27(37)14-41-23-7-4-17(10-24(23)40-3)11-25-28(38)35(29(39)42-25)13-26(36)33-21-6-5-18(31)12-20(21)32/h4-12H,13-14H2,1-3H3,(H,33,36)(H,34,37)/b25-11+. The van der Waals surface area contributed by atoms with Gasteiger partial charge in [-0.1, -0.05) is 6.07 Å². The molecular formula is C29H24BrF2N3O6S. The largest absolute Gasteiger partial charge is 0.493 e. The number of imide groups is 1. The van der Waals surface area contributed by atoms with Gasteiger partial charge in [-0.15, -0.1) is 0 Å². The molecule has 4 amide bonds. The molecule has 42 heavy (non-hydrogen) atoms. The summed E-state index contributed by atoms with van der Waals surface area (Å²) < 4.78 is 38.7. The molecule has 3 aromatic carbocycles. The minimum absolute atomic E-state index is 0.0508. The van der Waals surface area contributed by atoms with Crippen LogP contribution in [0.3, 0.4) is 0 Å². The summed E-state index contributed by atoms with van der Waals surface area (Å²) in [5, 5.41) is 4.32. The predicted octanol–water partition coefficient (Wildman–Crippen LogP) is 6.05. The van der Waals surface area contributed by atoms with Gasteiger partial charge in [0.05, 0.1) is 23.4 Å². The van der Waals surface area contributed by atoms with Crippen LogP contribution in [0.2, 0.25) is 0 Å². The second-order valence-electron chi connectivity index (χ2n) is 9.10. The van der Waals surface area contributed by atoms with Crippen LogP contribution in [0.25, 0.3) is 6.08 Å². The lowest BCUT2D eigenvalue weighted by molar-refractivity contribution is -0.127. The number of carbonyl (C=O) groups excluding carboxylic acids is 4. The Labute approximate surface area is 252 Å². The topological polar surface area (TPSA) is 114 Å². The molecule has 0 unspecified atom stereocenters. The average Bonchev–Trinajstić information content (AvgIpc) is 3.19. The number of thioether (sulfide) groups is 1. The van der Waals surface area contributed by atoms with Crippen LogP contribution in [-0.2, 0) is 14.4 Å². The second-order valence-corrected chi connectivity index (χ2v) is 11.0. The smallest absolute Gasteiger partial charge is 0.294 e. The Morgan fingerprint density at radius 3 is 2.38 bits per heavy atom. The van der Waals surface area contributed by atoms with E-state index in [2.05, 4.69) is 26.6 Å². The van der Waals surface area contributed by atoms with E-state index in [4.69, 9.17) is 9.47 Å². The number of hydrogen-bond donors (Lipinski definition) is 2. The highest BCUT2D eigenvalue weighted by atomic mass is 79.9. The van der Waals surface area contributed by atoms with Crippen molar-refractivity contribution in [2.24, 2.45) is 0 Å². The van der Waals surface area contributed by atoms with Crippen LogP contribution in [-0.4, -0.2) is 48.1 Å². The number of methoxy groups -OCH3 is 1. The van der Waals surface area contributed by atoms with Crippen LogP contribution in [0.4, 0.5) is 25.0 Å². The first-order valence-electron chi connectivity index (χ1n) is 12.3. The summed E-state index contributed by atoms with van der Waals surface area (Å²) in [6.45, 7) is 2.96. The first-order chi connectivity index (χ1) is 19.9. The van der Waals surface area contributed by atoms with Gasteiger partial charge < -0.3 is 20.1 Å². The number of nitrogens with zero attached hydrogens (tertiary/aromatic N) is 1. The van der Waals surface area contributed by atoms with Crippen LogP contribution < -0.4 is 20.1 Å². The maximum absolute atomic E-state index is 13.8. The minimum Gasteiger partial charge on any atom is -0.493 e. The average molecular weight is 660 g/mol. The third-order valence-corrected chi connectivity index (χ3v) is 7.65. The number of aryl methyl sites for hydroxylation is 2. The van der Waals surface area contributed by atoms with E-state index in [1.165, 1.54) is 13.2 Å². The molecule has 0 bridgehead atoms. The first kappa shape index (κ1) is 30.7. The normalized spacial score (nSPS) is 13.9. The van der Waals surface area contributed by atoms with Gasteiger partial charge in [-0.3, -0.25) is 24.1 Å². The molecule has 0 aromatic heterocycles. The van der Waals surface area contributed by atoms with Crippen molar-refractivity contribution in [2.75, 3.05) is 30.9 Å². The van der Waals surface area contributed by atoms with Crippen molar-refractivity contribution in [1.29, 1.82) is 0 Å². The Balaban J connectivity index is 1.39. The molecule has 9 nitrogen and oxygen atoms in total. The summed E-state index contributed by atoms with van der Waals surface area (Å²) >= 11 is 4.07. The Morgan fingerprint density at radius 1 is 0.952 bits per heavy atom. The molecule has 1 heterocycles. The fourth-order valence-electron chi connectivity index (χ4n) is 3.81. The number of anilines is 2. The predicted molar refractivity (Wildman–Crippen MR) is 158 cm³/mol. The molecule has 218 valence electrons. The van der Waals surface area contributed by atoms with Crippen molar-refractivity contribution in [1.82, 2.24) is 4.90 Å². The lowest BCUT2D eigenvalue weighted by Gasteiger charge is -2.13. The number of hydrogen-bond acceptors (Lipinski definition) is 7. The fourth-order valence-corrected chi connectivity index (χ4v) is 5.21. The van der Waals surface area contributed by atoms with E-state index in [1.807, 2.05) is 26.0 Å². The first-order valence-corrected chi connectivity index (χ1v) is 13.9. The molecule has 0 spiro atoms. The van der Waals surface area contributed by atoms with Crippen LogP contribution >= 0.6 is 27.7 Å². The number of carbonyl (C=O) groups is 4. The van der Waals surface area contributed by atoms with Crippen molar-refractivity contribution < 1.29 is 37.4 Å². The third-order valence-electron chi connectivity index (χ3n) is 6.08. The van der Waals surface area contributed by atoms with E-state index in [0.717, 1.165) is 27.7 Å². The van der Waals surface area contributed by atoms with Gasteiger partial charge in [-0.2, -0.15) is 0 Å². The number of nitrogens with one attached hydrogen (secondary N) is 2. The molecule has 1 fully saturated rings. The molecular weight excluding hydrogens is 636 g/mol. The molecule has 4 rings (SSSR count). The van der Waals surface area contributed by atoms with Gasteiger partial charge >= 0.3 is 0 Å². The molecule has 1 aliphatic heterocycles. The molecule has 0 atom stereocenters. The van der Waals surface area contributed by atoms with Crippen molar-refractivity contribution >= 4 is 68.1 Å². The number of halogens is 3. The second kappa shape index (κ2) is 13.2. The molecule has 0 aliphatic carbocycles. The Kier molecular flexibility index (Phi) is 9.63. The highest BCUT2D eigenvalue weighted by Gasteiger charge is 2.36. The number of rotatable bonds is 9. The lowest BCUT2D eigenvalue weighted by atomic mass is 10.1. The van der Waals surface area contributed by atoms with Crippen LogP contribution in [0.15, 0.2) is 57.9 Å². The molecule has 0 radical (unpaired) electrons. The van der Waals surface area contributed by atoms with E-state index in [1.54, 1.807) is 18.2 Å². The Hall–Kier alpha value is -4.23. The summed E-state index contributed by atoms with van der Waals surface area (Å²) in [4.78, 5) is 50.9. The van der Waals surface area contributed by atoms with Crippen LogP contribution in [0.1, 0.15) is 16.7 Å². The van der Waals surface area contributed by atoms with Gasteiger partial charge in [0, 0.05) is 10.5 Å². The van der Waals surface area contributed by atoms with E-state index in [0.29, 0.717) is 34.0 Å². The molecule has 13 heteroatoms. The van der Waals surface area contributed by atoms with Crippen molar-refractivity contribution in [3.63, 3.8) is 0 Å². The van der Waals surface area contributed by atoms with Gasteiger partial charge in [0.2, 0.25) is 5.91 Å². The fraction of sp³-hybridized carbons (Fsp3) is 0.172. The maximum Gasteiger partial charge on any atom is 0.294 e. The summed E-state index contributed by atoms with van der Waals surface area (Å²) in [7, 11) is 1.41. The Bertz CT molecular complexity index is 1630. The lowest BCUT2D eigenvalue weighted by Crippen LogP contribution is -2.36. The van der Waals surface area contributed by atoms with E-state index < -0.39 is 35.2 Å². The summed E-state index contributed by atoms with van der Waals surface area (Å²) in [6, 6.07) is 11.1. The van der Waals surface area contributed by atoms with Crippen molar-refractivity contribution in [3.8, 4) is 11.5 Å². The monoisotopic (exact) mass is 659 g/mol. The highest BCUT2D eigenvalue weighted by molar-refractivity contribution is 9.10. The summed E-state index contributed by atoms with van der Waals surface area (Å²) in [5.41, 5.74) is 2.92. The van der Waals surface area contributed by atoms with Crippen LogP contribution in [0, 0.1) is 25.5 Å². The van der Waals surface area contributed by atoms with Gasteiger partial charge in [-0.25, -0.2) is 8.78 Å². The minimum atomic E-state index is -0.992.